The molecule has 0 aliphatic heterocycles. The molecule has 0 saturated carbocycles. The molecule has 2 heterocycles. The predicted molar refractivity (Wildman–Crippen MR) is 121 cm³/mol. The van der Waals surface area contributed by atoms with E-state index >= 15 is 0 Å². The second-order valence-corrected chi connectivity index (χ2v) is 7.14. The average molecular weight is 416 g/mol. The Morgan fingerprint density at radius 3 is 2.68 bits per heavy atom. The fraction of sp³-hybridized carbons (Fsp3) is 0.174. The number of amides is 2. The maximum atomic E-state index is 12.8. The van der Waals surface area contributed by atoms with Gasteiger partial charge < -0.3 is 10.2 Å². The number of aromatic nitrogens is 3. The highest BCUT2D eigenvalue weighted by atomic mass is 16.2. The van der Waals surface area contributed by atoms with Gasteiger partial charge in [-0.2, -0.15) is 0 Å². The van der Waals surface area contributed by atoms with Crippen LogP contribution < -0.4 is 10.6 Å². The molecule has 2 aromatic heterocycles. The molecule has 0 saturated heterocycles. The number of hydrogen-bond donors (Lipinski definition) is 2. The summed E-state index contributed by atoms with van der Waals surface area (Å²) in [5.74, 6) is -0.434. The van der Waals surface area contributed by atoms with Crippen LogP contribution in [0.15, 0.2) is 67.1 Å². The zero-order valence-electron chi connectivity index (χ0n) is 17.7. The molecule has 2 N–H and O–H groups in total. The molecule has 0 aliphatic carbocycles. The van der Waals surface area contributed by atoms with Gasteiger partial charge in [-0.3, -0.25) is 19.9 Å². The summed E-state index contributed by atoms with van der Waals surface area (Å²) in [5, 5.41) is 5.49. The van der Waals surface area contributed by atoms with Crippen molar-refractivity contribution in [3.8, 4) is 11.3 Å². The molecular formula is C23H24N6O2. The number of nitrogens with zero attached hydrogens (tertiary/aromatic N) is 4. The Kier molecular flexibility index (Phi) is 7.18. The number of likely N-dealkylation sites (N-methyl/N-ethyl adjacent to an activating group) is 1. The summed E-state index contributed by atoms with van der Waals surface area (Å²) >= 11 is 0. The van der Waals surface area contributed by atoms with Gasteiger partial charge in [0, 0.05) is 48.0 Å². The molecule has 0 bridgehead atoms. The highest BCUT2D eigenvalue weighted by Gasteiger charge is 2.13. The van der Waals surface area contributed by atoms with Crippen LogP contribution in [0.2, 0.25) is 0 Å². The number of anilines is 2. The molecule has 31 heavy (non-hydrogen) atoms. The van der Waals surface area contributed by atoms with Crippen molar-refractivity contribution >= 4 is 23.5 Å². The summed E-state index contributed by atoms with van der Waals surface area (Å²) in [6.07, 6.45) is 8.19. The minimum Gasteiger partial charge on any atom is -0.322 e. The molecule has 0 fully saturated rings. The van der Waals surface area contributed by atoms with Gasteiger partial charge in [-0.25, -0.2) is 9.97 Å². The molecule has 158 valence electrons. The highest BCUT2D eigenvalue weighted by Crippen LogP contribution is 2.19. The zero-order valence-corrected chi connectivity index (χ0v) is 17.7. The quantitative estimate of drug-likeness (QED) is 0.574. The Morgan fingerprint density at radius 1 is 1.10 bits per heavy atom. The van der Waals surface area contributed by atoms with Crippen molar-refractivity contribution in [3.05, 3.63) is 78.3 Å². The number of rotatable bonds is 7. The Balaban J connectivity index is 1.73. The number of aryl methyl sites for hydroxylation is 1. The van der Waals surface area contributed by atoms with Crippen molar-refractivity contribution in [2.75, 3.05) is 31.3 Å². The molecular weight excluding hydrogens is 392 g/mol. The molecule has 0 atom stereocenters. The fourth-order valence-electron chi connectivity index (χ4n) is 2.76. The van der Waals surface area contributed by atoms with Gasteiger partial charge in [-0.1, -0.05) is 12.1 Å². The largest absolute Gasteiger partial charge is 0.322 e. The van der Waals surface area contributed by atoms with E-state index in [1.165, 1.54) is 6.08 Å². The standard InChI is InChI=1S/C23H24N6O2/c1-16-8-9-18(26-21(30)7-5-13-29(2)3)14-19(16)22(31)28-23-25-12-10-20(27-23)17-6-4-11-24-15-17/h4-12,14-15H,13H2,1-3H3,(H,26,30)(H,25,27,28,31)/b7-5+. The van der Waals surface area contributed by atoms with Crippen molar-refractivity contribution in [1.82, 2.24) is 19.9 Å². The first kappa shape index (κ1) is 21.8. The summed E-state index contributed by atoms with van der Waals surface area (Å²) in [6.45, 7) is 2.48. The van der Waals surface area contributed by atoms with Crippen LogP contribution in [0, 0.1) is 6.92 Å². The molecule has 0 unspecified atom stereocenters. The van der Waals surface area contributed by atoms with Crippen molar-refractivity contribution in [2.45, 2.75) is 6.92 Å². The van der Waals surface area contributed by atoms with E-state index in [-0.39, 0.29) is 17.8 Å². The van der Waals surface area contributed by atoms with Crippen molar-refractivity contribution in [1.29, 1.82) is 0 Å². The monoisotopic (exact) mass is 416 g/mol. The normalized spacial score (nSPS) is 11.0. The van der Waals surface area contributed by atoms with Gasteiger partial charge in [0.05, 0.1) is 5.69 Å². The summed E-state index contributed by atoms with van der Waals surface area (Å²) in [7, 11) is 3.84. The third kappa shape index (κ3) is 6.28. The van der Waals surface area contributed by atoms with Crippen LogP contribution in [-0.2, 0) is 4.79 Å². The van der Waals surface area contributed by atoms with Gasteiger partial charge in [0.1, 0.15) is 0 Å². The SMILES string of the molecule is Cc1ccc(NC(=O)/C=C/CN(C)C)cc1C(=O)Nc1nccc(-c2cccnc2)n1. The topological polar surface area (TPSA) is 100 Å². The van der Waals surface area contributed by atoms with Crippen LogP contribution in [0.3, 0.4) is 0 Å². The van der Waals surface area contributed by atoms with E-state index in [1.807, 2.05) is 38.1 Å². The highest BCUT2D eigenvalue weighted by molar-refractivity contribution is 6.06. The Labute approximate surface area is 181 Å². The predicted octanol–water partition coefficient (Wildman–Crippen LogP) is 3.16. The average Bonchev–Trinajstić information content (AvgIpc) is 2.75. The first-order valence-electron chi connectivity index (χ1n) is 9.70. The minimum atomic E-state index is -0.361. The number of pyridine rings is 1. The smallest absolute Gasteiger partial charge is 0.258 e. The molecule has 1 aromatic carbocycles. The number of carbonyl (C=O) groups excluding carboxylic acids is 2. The van der Waals surface area contributed by atoms with Crippen LogP contribution in [0.1, 0.15) is 15.9 Å². The first-order valence-corrected chi connectivity index (χ1v) is 9.70. The molecule has 0 spiro atoms. The van der Waals surface area contributed by atoms with E-state index < -0.39 is 0 Å². The number of benzene rings is 1. The van der Waals surface area contributed by atoms with E-state index in [4.69, 9.17) is 0 Å². The zero-order chi connectivity index (χ0) is 22.2. The van der Waals surface area contributed by atoms with E-state index in [1.54, 1.807) is 48.9 Å². The van der Waals surface area contributed by atoms with E-state index in [0.717, 1.165) is 11.1 Å². The van der Waals surface area contributed by atoms with Gasteiger partial charge in [0.15, 0.2) is 0 Å². The molecule has 0 aliphatic rings. The molecule has 8 heteroatoms. The van der Waals surface area contributed by atoms with Gasteiger partial charge in [0.25, 0.3) is 5.91 Å². The second kappa shape index (κ2) is 10.2. The van der Waals surface area contributed by atoms with Crippen molar-refractivity contribution < 1.29 is 9.59 Å². The number of carbonyl (C=O) groups is 2. The maximum Gasteiger partial charge on any atom is 0.258 e. The summed E-state index contributed by atoms with van der Waals surface area (Å²) < 4.78 is 0. The van der Waals surface area contributed by atoms with Crippen LogP contribution >= 0.6 is 0 Å². The lowest BCUT2D eigenvalue weighted by molar-refractivity contribution is -0.111. The van der Waals surface area contributed by atoms with Crippen molar-refractivity contribution in [3.63, 3.8) is 0 Å². The summed E-state index contributed by atoms with van der Waals surface area (Å²) in [5.41, 5.74) is 3.19. The van der Waals surface area contributed by atoms with Gasteiger partial charge >= 0.3 is 0 Å². The van der Waals surface area contributed by atoms with Crippen LogP contribution in [-0.4, -0.2) is 52.3 Å². The molecule has 2 amide bonds. The van der Waals surface area contributed by atoms with E-state index in [9.17, 15) is 9.59 Å². The summed E-state index contributed by atoms with van der Waals surface area (Å²) in [6, 6.07) is 10.6. The van der Waals surface area contributed by atoms with Crippen molar-refractivity contribution in [2.24, 2.45) is 0 Å². The molecule has 3 aromatic rings. The maximum absolute atomic E-state index is 12.8. The fourth-order valence-corrected chi connectivity index (χ4v) is 2.76. The van der Waals surface area contributed by atoms with Gasteiger partial charge in [-0.05, 0) is 56.9 Å². The second-order valence-electron chi connectivity index (χ2n) is 7.14. The van der Waals surface area contributed by atoms with Crippen LogP contribution in [0.5, 0.6) is 0 Å². The summed E-state index contributed by atoms with van der Waals surface area (Å²) in [4.78, 5) is 39.5. The molecule has 8 nitrogen and oxygen atoms in total. The number of nitrogens with one attached hydrogen (secondary N) is 2. The van der Waals surface area contributed by atoms with Gasteiger partial charge in [-0.15, -0.1) is 0 Å². The Hall–Kier alpha value is -3.91. The van der Waals surface area contributed by atoms with Gasteiger partial charge in [0.2, 0.25) is 11.9 Å². The minimum absolute atomic E-state index is 0.187. The number of hydrogen-bond acceptors (Lipinski definition) is 6. The Morgan fingerprint density at radius 2 is 1.94 bits per heavy atom. The van der Waals surface area contributed by atoms with E-state index in [0.29, 0.717) is 23.5 Å². The van der Waals surface area contributed by atoms with E-state index in [2.05, 4.69) is 25.6 Å². The first-order chi connectivity index (χ1) is 14.9. The molecule has 3 rings (SSSR count). The molecule has 0 radical (unpaired) electrons. The third-order valence-electron chi connectivity index (χ3n) is 4.33. The third-order valence-corrected chi connectivity index (χ3v) is 4.33. The van der Waals surface area contributed by atoms with Crippen LogP contribution in [0.4, 0.5) is 11.6 Å². The van der Waals surface area contributed by atoms with Crippen LogP contribution in [0.25, 0.3) is 11.3 Å². The lowest BCUT2D eigenvalue weighted by atomic mass is 10.1. The Bertz CT molecular complexity index is 1100. The lowest BCUT2D eigenvalue weighted by Crippen LogP contribution is -2.17. The lowest BCUT2D eigenvalue weighted by Gasteiger charge is -2.10.